The van der Waals surface area contributed by atoms with Crippen molar-refractivity contribution in [2.75, 3.05) is 19.7 Å². The standard InChI is InChI=1S/C12H13BrClNO4/c1-2-15(6-12(17)18)11(16)7-19-10-4-3-8(14)5-9(10)13/h3-5H,2,6-7H2,1H3,(H,17,18). The molecule has 1 N–H and O–H groups in total. The molecule has 0 unspecified atom stereocenters. The van der Waals surface area contributed by atoms with Gasteiger partial charge in [0, 0.05) is 11.6 Å². The van der Waals surface area contributed by atoms with Gasteiger partial charge in [-0.3, -0.25) is 9.59 Å². The van der Waals surface area contributed by atoms with Gasteiger partial charge in [-0.2, -0.15) is 0 Å². The van der Waals surface area contributed by atoms with Crippen LogP contribution in [-0.2, 0) is 9.59 Å². The van der Waals surface area contributed by atoms with E-state index in [1.807, 2.05) is 0 Å². The minimum Gasteiger partial charge on any atom is -0.483 e. The third kappa shape index (κ3) is 5.08. The van der Waals surface area contributed by atoms with Crippen molar-refractivity contribution >= 4 is 39.4 Å². The highest BCUT2D eigenvalue weighted by molar-refractivity contribution is 9.10. The fourth-order valence-corrected chi connectivity index (χ4v) is 2.16. The Morgan fingerprint density at radius 3 is 2.68 bits per heavy atom. The summed E-state index contributed by atoms with van der Waals surface area (Å²) in [5, 5.41) is 9.21. The minimum atomic E-state index is -1.05. The highest BCUT2D eigenvalue weighted by Crippen LogP contribution is 2.27. The van der Waals surface area contributed by atoms with Crippen LogP contribution in [0.5, 0.6) is 5.75 Å². The van der Waals surface area contributed by atoms with Crippen LogP contribution in [0.4, 0.5) is 0 Å². The predicted octanol–water partition coefficient (Wildman–Crippen LogP) is 2.41. The van der Waals surface area contributed by atoms with Crippen molar-refractivity contribution in [2.24, 2.45) is 0 Å². The summed E-state index contributed by atoms with van der Waals surface area (Å²) in [5.74, 6) is -0.959. The van der Waals surface area contributed by atoms with Gasteiger partial charge in [0.2, 0.25) is 0 Å². The van der Waals surface area contributed by atoms with E-state index in [2.05, 4.69) is 15.9 Å². The molecule has 1 aromatic carbocycles. The van der Waals surface area contributed by atoms with E-state index in [1.54, 1.807) is 25.1 Å². The highest BCUT2D eigenvalue weighted by atomic mass is 79.9. The first-order valence-corrected chi connectivity index (χ1v) is 6.68. The van der Waals surface area contributed by atoms with Crippen LogP contribution >= 0.6 is 27.5 Å². The summed E-state index contributed by atoms with van der Waals surface area (Å²) in [6.07, 6.45) is 0. The Kier molecular flexibility index (Phi) is 6.11. The number of carbonyl (C=O) groups is 2. The first kappa shape index (κ1) is 15.8. The van der Waals surface area contributed by atoms with Gasteiger partial charge in [0.05, 0.1) is 4.47 Å². The van der Waals surface area contributed by atoms with Gasteiger partial charge in [-0.15, -0.1) is 0 Å². The van der Waals surface area contributed by atoms with Crippen molar-refractivity contribution < 1.29 is 19.4 Å². The molecule has 5 nitrogen and oxygen atoms in total. The monoisotopic (exact) mass is 349 g/mol. The van der Waals surface area contributed by atoms with Gasteiger partial charge in [-0.25, -0.2) is 0 Å². The number of hydrogen-bond donors (Lipinski definition) is 1. The van der Waals surface area contributed by atoms with Crippen LogP contribution in [0.15, 0.2) is 22.7 Å². The lowest BCUT2D eigenvalue weighted by atomic mass is 10.3. The topological polar surface area (TPSA) is 66.8 Å². The second-order valence-electron chi connectivity index (χ2n) is 3.67. The van der Waals surface area contributed by atoms with Crippen LogP contribution < -0.4 is 4.74 Å². The molecule has 0 bridgehead atoms. The Morgan fingerprint density at radius 1 is 1.47 bits per heavy atom. The number of hydrogen-bond acceptors (Lipinski definition) is 3. The van der Waals surface area contributed by atoms with Crippen LogP contribution in [0.25, 0.3) is 0 Å². The summed E-state index contributed by atoms with van der Waals surface area (Å²) in [4.78, 5) is 23.5. The van der Waals surface area contributed by atoms with Crippen LogP contribution in [0.3, 0.4) is 0 Å². The molecular formula is C12H13BrClNO4. The Labute approximate surface area is 124 Å². The molecular weight excluding hydrogens is 337 g/mol. The van der Waals surface area contributed by atoms with Crippen molar-refractivity contribution in [1.82, 2.24) is 4.90 Å². The van der Waals surface area contributed by atoms with Gasteiger partial charge in [0.1, 0.15) is 12.3 Å². The van der Waals surface area contributed by atoms with Crippen LogP contribution in [0.2, 0.25) is 5.02 Å². The van der Waals surface area contributed by atoms with Crippen LogP contribution in [0.1, 0.15) is 6.92 Å². The lowest BCUT2D eigenvalue weighted by Gasteiger charge is -2.18. The van der Waals surface area contributed by atoms with Crippen molar-refractivity contribution in [1.29, 1.82) is 0 Å². The van der Waals surface area contributed by atoms with Crippen molar-refractivity contribution in [3.05, 3.63) is 27.7 Å². The summed E-state index contributed by atoms with van der Waals surface area (Å²) in [6, 6.07) is 4.92. The van der Waals surface area contributed by atoms with E-state index in [0.717, 1.165) is 0 Å². The minimum absolute atomic E-state index is 0.221. The number of aliphatic carboxylic acids is 1. The first-order chi connectivity index (χ1) is 8.93. The second kappa shape index (κ2) is 7.35. The van der Waals surface area contributed by atoms with Gasteiger partial charge >= 0.3 is 5.97 Å². The number of carboxylic acids is 1. The van der Waals surface area contributed by atoms with E-state index in [9.17, 15) is 9.59 Å². The molecule has 0 saturated heterocycles. The van der Waals surface area contributed by atoms with Gasteiger partial charge in [-0.1, -0.05) is 11.6 Å². The predicted molar refractivity (Wildman–Crippen MR) is 74.5 cm³/mol. The van der Waals surface area contributed by atoms with E-state index in [-0.39, 0.29) is 19.1 Å². The number of benzene rings is 1. The highest BCUT2D eigenvalue weighted by Gasteiger charge is 2.15. The Balaban J connectivity index is 2.60. The summed E-state index contributed by atoms with van der Waals surface area (Å²) in [6.45, 7) is 1.47. The second-order valence-corrected chi connectivity index (χ2v) is 4.96. The molecule has 0 aliphatic carbocycles. The zero-order valence-electron chi connectivity index (χ0n) is 10.2. The van der Waals surface area contributed by atoms with Gasteiger partial charge in [0.15, 0.2) is 6.61 Å². The number of carboxylic acid groups (broad SMARTS) is 1. The molecule has 0 atom stereocenters. The number of likely N-dealkylation sites (N-methyl/N-ethyl adjacent to an activating group) is 1. The van der Waals surface area contributed by atoms with Gasteiger partial charge in [0.25, 0.3) is 5.91 Å². The number of nitrogens with zero attached hydrogens (tertiary/aromatic N) is 1. The fraction of sp³-hybridized carbons (Fsp3) is 0.333. The number of amides is 1. The molecule has 0 aliphatic rings. The maximum atomic E-state index is 11.8. The van der Waals surface area contributed by atoms with E-state index < -0.39 is 5.97 Å². The van der Waals surface area contributed by atoms with E-state index in [1.165, 1.54) is 4.90 Å². The van der Waals surface area contributed by atoms with E-state index >= 15 is 0 Å². The molecule has 0 radical (unpaired) electrons. The molecule has 1 aromatic rings. The molecule has 19 heavy (non-hydrogen) atoms. The number of ether oxygens (including phenoxy) is 1. The third-order valence-electron chi connectivity index (χ3n) is 2.31. The average Bonchev–Trinajstić information content (AvgIpc) is 2.34. The average molecular weight is 351 g/mol. The van der Waals surface area contributed by atoms with Crippen LogP contribution in [0, 0.1) is 0 Å². The molecule has 1 rings (SSSR count). The zero-order chi connectivity index (χ0) is 14.4. The maximum Gasteiger partial charge on any atom is 0.323 e. The molecule has 0 heterocycles. The number of rotatable bonds is 6. The molecule has 0 spiro atoms. The summed E-state index contributed by atoms with van der Waals surface area (Å²) >= 11 is 9.05. The van der Waals surface area contributed by atoms with Crippen molar-refractivity contribution in [3.8, 4) is 5.75 Å². The third-order valence-corrected chi connectivity index (χ3v) is 3.16. The zero-order valence-corrected chi connectivity index (χ0v) is 12.6. The van der Waals surface area contributed by atoms with Gasteiger partial charge in [-0.05, 0) is 41.1 Å². The Bertz CT molecular complexity index is 481. The van der Waals surface area contributed by atoms with E-state index in [4.69, 9.17) is 21.4 Å². The summed E-state index contributed by atoms with van der Waals surface area (Å²) in [5.41, 5.74) is 0. The SMILES string of the molecule is CCN(CC(=O)O)C(=O)COc1ccc(Cl)cc1Br. The molecule has 0 saturated carbocycles. The molecule has 7 heteroatoms. The van der Waals surface area contributed by atoms with Gasteiger partial charge < -0.3 is 14.7 Å². The Hall–Kier alpha value is -1.27. The number of carbonyl (C=O) groups excluding carboxylic acids is 1. The van der Waals surface area contributed by atoms with Crippen molar-refractivity contribution in [3.63, 3.8) is 0 Å². The quantitative estimate of drug-likeness (QED) is 0.855. The molecule has 0 aromatic heterocycles. The summed E-state index contributed by atoms with van der Waals surface area (Å²) < 4.78 is 5.96. The molecule has 0 aliphatic heterocycles. The van der Waals surface area contributed by atoms with Crippen molar-refractivity contribution in [2.45, 2.75) is 6.92 Å². The lowest BCUT2D eigenvalue weighted by Crippen LogP contribution is -2.38. The fourth-order valence-electron chi connectivity index (χ4n) is 1.36. The summed E-state index contributed by atoms with van der Waals surface area (Å²) in [7, 11) is 0. The first-order valence-electron chi connectivity index (χ1n) is 5.51. The normalized spacial score (nSPS) is 10.1. The largest absolute Gasteiger partial charge is 0.483 e. The number of halogens is 2. The maximum absolute atomic E-state index is 11.8. The molecule has 1 amide bonds. The lowest BCUT2D eigenvalue weighted by molar-refractivity contribution is -0.145. The Morgan fingerprint density at radius 2 is 2.16 bits per heavy atom. The van der Waals surface area contributed by atoms with Crippen LogP contribution in [-0.4, -0.2) is 41.6 Å². The smallest absolute Gasteiger partial charge is 0.323 e. The molecule has 104 valence electrons. The molecule has 0 fully saturated rings. The van der Waals surface area contributed by atoms with E-state index in [0.29, 0.717) is 21.8 Å².